The molecule has 0 atom stereocenters. The van der Waals surface area contributed by atoms with Crippen LogP contribution >= 0.6 is 23.2 Å². The smallest absolute Gasteiger partial charge is 0.194 e. The number of alkyl halides is 2. The highest BCUT2D eigenvalue weighted by molar-refractivity contribution is 6.46. The van der Waals surface area contributed by atoms with E-state index < -0.39 is 16.0 Å². The summed E-state index contributed by atoms with van der Waals surface area (Å²) in [6.07, 6.45) is 0. The van der Waals surface area contributed by atoms with E-state index in [2.05, 4.69) is 0 Å². The second kappa shape index (κ2) is 1.12. The van der Waals surface area contributed by atoms with Gasteiger partial charge in [-0.1, -0.05) is 23.2 Å². The normalized spacial score (nSPS) is 25.7. The van der Waals surface area contributed by atoms with Crippen molar-refractivity contribution in [2.24, 2.45) is 0 Å². The van der Waals surface area contributed by atoms with Crippen LogP contribution in [0.5, 0.6) is 0 Å². The van der Waals surface area contributed by atoms with Crippen LogP contribution in [0.25, 0.3) is 0 Å². The maximum Gasteiger partial charge on any atom is 0.321 e. The minimum Gasteiger partial charge on any atom is -0.194 e. The van der Waals surface area contributed by atoms with E-state index in [0.717, 1.165) is 0 Å². The standard InChI is InChI=1S/C3Cl2F2/c4-1-2(5)3(1,6)7. The first-order valence-corrected chi connectivity index (χ1v) is 2.26. The summed E-state index contributed by atoms with van der Waals surface area (Å²) in [7, 11) is 0. The highest BCUT2D eigenvalue weighted by Crippen LogP contribution is 2.53. The van der Waals surface area contributed by atoms with E-state index >= 15 is 0 Å². The summed E-state index contributed by atoms with van der Waals surface area (Å²) in [6, 6.07) is 0. The van der Waals surface area contributed by atoms with Crippen molar-refractivity contribution >= 4 is 23.2 Å². The van der Waals surface area contributed by atoms with Gasteiger partial charge in [-0.15, -0.1) is 0 Å². The molecule has 0 spiro atoms. The topological polar surface area (TPSA) is 0 Å². The Morgan fingerprint density at radius 1 is 1.14 bits per heavy atom. The quantitative estimate of drug-likeness (QED) is 0.490. The van der Waals surface area contributed by atoms with Crippen LogP contribution in [0, 0.1) is 0 Å². The molecule has 7 heavy (non-hydrogen) atoms. The van der Waals surface area contributed by atoms with Gasteiger partial charge in [0.2, 0.25) is 0 Å². The van der Waals surface area contributed by atoms with Crippen LogP contribution in [0.3, 0.4) is 0 Å². The molecule has 0 aromatic carbocycles. The Bertz CT molecular complexity index is 124. The van der Waals surface area contributed by atoms with Gasteiger partial charge in [-0.3, -0.25) is 0 Å². The molecule has 0 N–H and O–H groups in total. The molecule has 0 aliphatic heterocycles. The van der Waals surface area contributed by atoms with Crippen LogP contribution < -0.4 is 0 Å². The third kappa shape index (κ3) is 0.537. The van der Waals surface area contributed by atoms with E-state index in [1.54, 1.807) is 0 Å². The molecule has 1 aliphatic carbocycles. The molecule has 0 saturated heterocycles. The van der Waals surface area contributed by atoms with E-state index in [4.69, 9.17) is 23.2 Å². The van der Waals surface area contributed by atoms with Crippen molar-refractivity contribution in [3.8, 4) is 0 Å². The molecule has 0 radical (unpaired) electrons. The van der Waals surface area contributed by atoms with Crippen molar-refractivity contribution in [1.82, 2.24) is 0 Å². The molecule has 0 fully saturated rings. The molecule has 0 bridgehead atoms. The number of rotatable bonds is 0. The second-order valence-electron chi connectivity index (χ2n) is 1.20. The largest absolute Gasteiger partial charge is 0.321 e. The Morgan fingerprint density at radius 2 is 1.29 bits per heavy atom. The van der Waals surface area contributed by atoms with Gasteiger partial charge in [-0.2, -0.15) is 8.78 Å². The van der Waals surface area contributed by atoms with Gasteiger partial charge in [0.25, 0.3) is 0 Å². The minimum absolute atomic E-state index is 0.519. The molecular weight excluding hydrogens is 145 g/mol. The average Bonchev–Trinajstić information content (AvgIpc) is 1.91. The predicted molar refractivity (Wildman–Crippen MR) is 23.7 cm³/mol. The van der Waals surface area contributed by atoms with Gasteiger partial charge in [0.15, 0.2) is 0 Å². The Kier molecular flexibility index (Phi) is 0.849. The lowest BCUT2D eigenvalue weighted by Gasteiger charge is -1.84. The summed E-state index contributed by atoms with van der Waals surface area (Å²) in [5.74, 6) is -2.97. The van der Waals surface area contributed by atoms with E-state index in [1.807, 2.05) is 0 Å². The summed E-state index contributed by atoms with van der Waals surface area (Å²) >= 11 is 9.65. The first-order valence-electron chi connectivity index (χ1n) is 1.51. The number of hydrogen-bond donors (Lipinski definition) is 0. The fraction of sp³-hybridized carbons (Fsp3) is 0.333. The van der Waals surface area contributed by atoms with E-state index in [-0.39, 0.29) is 0 Å². The van der Waals surface area contributed by atoms with Crippen molar-refractivity contribution in [3.05, 3.63) is 10.1 Å². The highest BCUT2D eigenvalue weighted by atomic mass is 35.5. The zero-order valence-corrected chi connectivity index (χ0v) is 4.52. The van der Waals surface area contributed by atoms with Gasteiger partial charge < -0.3 is 0 Å². The van der Waals surface area contributed by atoms with Crippen molar-refractivity contribution in [2.75, 3.05) is 0 Å². The summed E-state index contributed by atoms with van der Waals surface area (Å²) in [5, 5.41) is -1.04. The summed E-state index contributed by atoms with van der Waals surface area (Å²) in [4.78, 5) is 0. The Morgan fingerprint density at radius 3 is 1.29 bits per heavy atom. The molecule has 0 nitrogen and oxygen atoms in total. The van der Waals surface area contributed by atoms with Gasteiger partial charge >= 0.3 is 5.92 Å². The van der Waals surface area contributed by atoms with Crippen LogP contribution in [0.1, 0.15) is 0 Å². The fourth-order valence-corrected chi connectivity index (χ4v) is 0.564. The lowest BCUT2D eigenvalue weighted by molar-refractivity contribution is 0.145. The summed E-state index contributed by atoms with van der Waals surface area (Å²) in [6.45, 7) is 0. The Labute approximate surface area is 48.7 Å². The van der Waals surface area contributed by atoms with Gasteiger partial charge in [-0.05, 0) is 0 Å². The van der Waals surface area contributed by atoms with Crippen molar-refractivity contribution < 1.29 is 8.78 Å². The van der Waals surface area contributed by atoms with Crippen LogP contribution in [-0.4, -0.2) is 5.92 Å². The number of hydrogen-bond acceptors (Lipinski definition) is 0. The Balaban J connectivity index is 2.69. The molecule has 0 aromatic heterocycles. The number of halogens is 4. The zero-order chi connectivity index (χ0) is 5.65. The van der Waals surface area contributed by atoms with Crippen molar-refractivity contribution in [3.63, 3.8) is 0 Å². The van der Waals surface area contributed by atoms with Crippen molar-refractivity contribution in [1.29, 1.82) is 0 Å². The monoisotopic (exact) mass is 144 g/mol. The highest BCUT2D eigenvalue weighted by Gasteiger charge is 2.55. The Hall–Kier alpha value is 0.180. The predicted octanol–water partition coefficient (Wildman–Crippen LogP) is 2.32. The van der Waals surface area contributed by atoms with Crippen LogP contribution in [-0.2, 0) is 0 Å². The molecule has 1 aliphatic rings. The molecule has 1 rings (SSSR count). The molecular formula is C3Cl2F2. The summed E-state index contributed by atoms with van der Waals surface area (Å²) in [5.41, 5.74) is 0. The SMILES string of the molecule is FC1(F)C(Cl)=C1Cl. The van der Waals surface area contributed by atoms with Gasteiger partial charge in [-0.25, -0.2) is 0 Å². The third-order valence-electron chi connectivity index (χ3n) is 0.682. The molecule has 0 saturated carbocycles. The summed E-state index contributed by atoms with van der Waals surface area (Å²) < 4.78 is 23.2. The number of allylic oxidation sites excluding steroid dienone is 2. The van der Waals surface area contributed by atoms with E-state index in [9.17, 15) is 8.78 Å². The first kappa shape index (κ1) is 5.32. The molecule has 0 heterocycles. The van der Waals surface area contributed by atoms with Crippen LogP contribution in [0.2, 0.25) is 0 Å². The molecule has 0 amide bonds. The zero-order valence-electron chi connectivity index (χ0n) is 3.01. The first-order chi connectivity index (χ1) is 3.07. The third-order valence-corrected chi connectivity index (χ3v) is 1.63. The van der Waals surface area contributed by atoms with E-state index in [1.165, 1.54) is 0 Å². The van der Waals surface area contributed by atoms with Crippen LogP contribution in [0.15, 0.2) is 10.1 Å². The fourth-order valence-electron chi connectivity index (χ4n) is 0.184. The van der Waals surface area contributed by atoms with Gasteiger partial charge in [0, 0.05) is 0 Å². The maximum atomic E-state index is 11.6. The van der Waals surface area contributed by atoms with Gasteiger partial charge in [0.1, 0.15) is 10.1 Å². The van der Waals surface area contributed by atoms with Gasteiger partial charge in [0.05, 0.1) is 0 Å². The molecule has 0 unspecified atom stereocenters. The molecule has 0 aromatic rings. The minimum atomic E-state index is -2.97. The maximum absolute atomic E-state index is 11.6. The van der Waals surface area contributed by atoms with E-state index in [0.29, 0.717) is 0 Å². The molecule has 40 valence electrons. The lowest BCUT2D eigenvalue weighted by Crippen LogP contribution is -1.90. The van der Waals surface area contributed by atoms with Crippen LogP contribution in [0.4, 0.5) is 8.78 Å². The second-order valence-corrected chi connectivity index (χ2v) is 1.96. The lowest BCUT2D eigenvalue weighted by atomic mass is 10.7. The average molecular weight is 145 g/mol. The molecule has 4 heteroatoms. The van der Waals surface area contributed by atoms with Crippen molar-refractivity contribution in [2.45, 2.75) is 5.92 Å².